The van der Waals surface area contributed by atoms with Crippen molar-refractivity contribution in [3.63, 3.8) is 0 Å². The first-order valence-corrected chi connectivity index (χ1v) is 18.9. The van der Waals surface area contributed by atoms with Gasteiger partial charge in [0, 0.05) is 17.0 Å². The Balaban J connectivity index is 1.01. The van der Waals surface area contributed by atoms with Crippen molar-refractivity contribution in [1.29, 1.82) is 0 Å². The van der Waals surface area contributed by atoms with Crippen molar-refractivity contribution < 1.29 is 18.8 Å². The Kier molecular flexibility index (Phi) is 9.69. The molecule has 0 unspecified atom stereocenters. The summed E-state index contributed by atoms with van der Waals surface area (Å²) in [5.41, 5.74) is 1.23. The van der Waals surface area contributed by atoms with Crippen LogP contribution in [0.4, 0.5) is 5.69 Å². The summed E-state index contributed by atoms with van der Waals surface area (Å²) < 4.78 is 12.0. The molecule has 1 aromatic heterocycles. The third-order valence-electron chi connectivity index (χ3n) is 11.5. The molecule has 250 valence electrons. The molecule has 8 rings (SSSR count). The highest BCUT2D eigenvalue weighted by Gasteiger charge is 2.49. The van der Waals surface area contributed by atoms with Crippen molar-refractivity contribution in [3.8, 4) is 5.88 Å². The average molecular weight is 649 g/mol. The van der Waals surface area contributed by atoms with Gasteiger partial charge in [-0.15, -0.1) is 11.8 Å². The van der Waals surface area contributed by atoms with Crippen molar-refractivity contribution >= 4 is 29.3 Å². The molecule has 46 heavy (non-hydrogen) atoms. The number of nitrogens with zero attached hydrogens (tertiary/aromatic N) is 1. The SMILES string of the molecule is CC(C)(COc1noc(C(=O)NC2C3CC4CC(C3)CC2C4)c1SC1CCCCC1)C(=O)Nc1cccc(CC2CCNCC2)c1. The number of ether oxygens (including phenoxy) is 1. The van der Waals surface area contributed by atoms with E-state index in [2.05, 4.69) is 33.2 Å². The molecule has 2 heterocycles. The zero-order valence-electron chi connectivity index (χ0n) is 27.7. The van der Waals surface area contributed by atoms with E-state index in [4.69, 9.17) is 9.26 Å². The molecule has 1 aliphatic heterocycles. The van der Waals surface area contributed by atoms with Crippen LogP contribution in [-0.4, -0.2) is 48.0 Å². The first kappa shape index (κ1) is 32.0. The summed E-state index contributed by atoms with van der Waals surface area (Å²) in [6.45, 7) is 6.05. The van der Waals surface area contributed by atoms with Crippen molar-refractivity contribution in [1.82, 2.24) is 15.8 Å². The highest BCUT2D eigenvalue weighted by atomic mass is 32.2. The highest BCUT2D eigenvalue weighted by Crippen LogP contribution is 2.54. The number of anilines is 1. The van der Waals surface area contributed by atoms with E-state index in [0.717, 1.165) is 49.9 Å². The van der Waals surface area contributed by atoms with E-state index in [1.807, 2.05) is 26.0 Å². The lowest BCUT2D eigenvalue weighted by Crippen LogP contribution is -2.55. The molecule has 2 aromatic rings. The predicted octanol–water partition coefficient (Wildman–Crippen LogP) is 7.24. The van der Waals surface area contributed by atoms with Crippen LogP contribution < -0.4 is 20.7 Å². The summed E-state index contributed by atoms with van der Waals surface area (Å²) in [7, 11) is 0. The summed E-state index contributed by atoms with van der Waals surface area (Å²) >= 11 is 1.67. The first-order chi connectivity index (χ1) is 22.3. The number of carbonyl (C=O) groups excluding carboxylic acids is 2. The Hall–Kier alpha value is -2.52. The fraction of sp³-hybridized carbons (Fsp3) is 0.703. The number of hydrogen-bond donors (Lipinski definition) is 3. The van der Waals surface area contributed by atoms with Crippen LogP contribution in [0.15, 0.2) is 33.7 Å². The quantitative estimate of drug-likeness (QED) is 0.236. The molecule has 5 aliphatic carbocycles. The number of hydrogen-bond acceptors (Lipinski definition) is 7. The Morgan fingerprint density at radius 2 is 1.72 bits per heavy atom. The van der Waals surface area contributed by atoms with Crippen molar-refractivity contribution in [2.45, 2.75) is 114 Å². The van der Waals surface area contributed by atoms with Crippen LogP contribution in [0, 0.1) is 35.0 Å². The Morgan fingerprint density at radius 3 is 2.43 bits per heavy atom. The maximum Gasteiger partial charge on any atom is 0.291 e. The van der Waals surface area contributed by atoms with Crippen LogP contribution in [0.3, 0.4) is 0 Å². The minimum Gasteiger partial charge on any atom is -0.474 e. The van der Waals surface area contributed by atoms with E-state index in [-0.39, 0.29) is 30.2 Å². The van der Waals surface area contributed by atoms with Gasteiger partial charge in [-0.25, -0.2) is 0 Å². The number of rotatable bonds is 11. The molecule has 4 bridgehead atoms. The number of carbonyl (C=O) groups is 2. The highest BCUT2D eigenvalue weighted by molar-refractivity contribution is 8.00. The van der Waals surface area contributed by atoms with Crippen molar-refractivity contribution in [2.75, 3.05) is 25.0 Å². The molecule has 6 aliphatic rings. The van der Waals surface area contributed by atoms with Crippen LogP contribution in [0.1, 0.15) is 107 Å². The fourth-order valence-electron chi connectivity index (χ4n) is 9.14. The first-order valence-electron chi connectivity index (χ1n) is 18.0. The van der Waals surface area contributed by atoms with Gasteiger partial charge in [0.1, 0.15) is 11.5 Å². The second kappa shape index (κ2) is 13.9. The number of benzene rings is 1. The van der Waals surface area contributed by atoms with Crippen LogP contribution in [0.5, 0.6) is 5.88 Å². The number of aromatic nitrogens is 1. The minimum absolute atomic E-state index is 0.114. The van der Waals surface area contributed by atoms with E-state index < -0.39 is 5.41 Å². The molecule has 3 N–H and O–H groups in total. The predicted molar refractivity (Wildman–Crippen MR) is 181 cm³/mol. The minimum atomic E-state index is -0.834. The van der Waals surface area contributed by atoms with E-state index in [9.17, 15) is 9.59 Å². The normalized spacial score (nSPS) is 28.3. The van der Waals surface area contributed by atoms with Gasteiger partial charge in [-0.3, -0.25) is 9.59 Å². The molecule has 0 radical (unpaired) electrons. The van der Waals surface area contributed by atoms with Crippen LogP contribution in [0.25, 0.3) is 0 Å². The maximum atomic E-state index is 13.8. The topological polar surface area (TPSA) is 105 Å². The van der Waals surface area contributed by atoms with Crippen LogP contribution in [0.2, 0.25) is 0 Å². The third kappa shape index (κ3) is 7.30. The molecular weight excluding hydrogens is 596 g/mol. The zero-order valence-corrected chi connectivity index (χ0v) is 28.5. The molecule has 1 saturated heterocycles. The van der Waals surface area contributed by atoms with Crippen molar-refractivity contribution in [3.05, 3.63) is 35.6 Å². The molecule has 8 nitrogen and oxygen atoms in total. The average Bonchev–Trinajstić information content (AvgIpc) is 3.45. The van der Waals surface area contributed by atoms with Crippen LogP contribution in [-0.2, 0) is 11.2 Å². The molecule has 2 amide bonds. The van der Waals surface area contributed by atoms with E-state index in [1.54, 1.807) is 11.8 Å². The lowest BCUT2D eigenvalue weighted by molar-refractivity contribution is -0.125. The lowest BCUT2D eigenvalue weighted by atomic mass is 9.54. The summed E-state index contributed by atoms with van der Waals surface area (Å²) in [6.07, 6.45) is 15.6. The maximum absolute atomic E-state index is 13.8. The van der Waals surface area contributed by atoms with Gasteiger partial charge in [-0.05, 0) is 144 Å². The number of piperidine rings is 1. The van der Waals surface area contributed by atoms with Gasteiger partial charge < -0.3 is 25.2 Å². The van der Waals surface area contributed by atoms with E-state index in [0.29, 0.717) is 33.8 Å². The van der Waals surface area contributed by atoms with Gasteiger partial charge in [-0.1, -0.05) is 31.4 Å². The Bertz CT molecular complexity index is 1350. The summed E-state index contributed by atoms with van der Waals surface area (Å²) in [4.78, 5) is 28.0. The molecule has 5 saturated carbocycles. The fourth-order valence-corrected chi connectivity index (χ4v) is 10.5. The molecule has 0 atom stereocenters. The molecule has 0 spiro atoms. The number of amides is 2. The van der Waals surface area contributed by atoms with Crippen molar-refractivity contribution in [2.24, 2.45) is 35.0 Å². The molecular formula is C37H52N4O4S. The zero-order chi connectivity index (χ0) is 31.7. The lowest BCUT2D eigenvalue weighted by Gasteiger charge is -2.54. The van der Waals surface area contributed by atoms with Gasteiger partial charge in [0.2, 0.25) is 11.7 Å². The molecule has 9 heteroatoms. The Labute approximate surface area is 278 Å². The van der Waals surface area contributed by atoms with E-state index >= 15 is 0 Å². The number of thioether (sulfide) groups is 1. The molecule has 1 aromatic carbocycles. The summed E-state index contributed by atoms with van der Waals surface area (Å²) in [5, 5.41) is 14.7. The van der Waals surface area contributed by atoms with Gasteiger partial charge in [0.25, 0.3) is 11.8 Å². The van der Waals surface area contributed by atoms with Crippen LogP contribution >= 0.6 is 11.8 Å². The van der Waals surface area contributed by atoms with Gasteiger partial charge >= 0.3 is 0 Å². The third-order valence-corrected chi connectivity index (χ3v) is 12.9. The van der Waals surface area contributed by atoms with Gasteiger partial charge in [0.05, 0.1) is 5.41 Å². The Morgan fingerprint density at radius 1 is 1.00 bits per heavy atom. The van der Waals surface area contributed by atoms with Gasteiger partial charge in [0.15, 0.2) is 0 Å². The summed E-state index contributed by atoms with van der Waals surface area (Å²) in [6, 6.07) is 8.45. The second-order valence-electron chi connectivity index (χ2n) is 15.7. The second-order valence-corrected chi connectivity index (χ2v) is 17.0. The molecule has 6 fully saturated rings. The van der Waals surface area contributed by atoms with E-state index in [1.165, 1.54) is 69.8 Å². The standard InChI is InChI=1S/C37H52N4O4S/c1-37(2,36(43)39-29-8-6-7-24(21-29)15-23-11-13-38-14-12-23)22-44-35-33(46-30-9-4-3-5-10-30)32(45-41-35)34(42)40-31-27-17-25-16-26(19-27)20-28(31)18-25/h6-8,21,23,25-28,30-31,38H,3-5,9-20,22H2,1-2H3,(H,39,43)(H,40,42). The number of nitrogens with one attached hydrogen (secondary N) is 3. The monoisotopic (exact) mass is 648 g/mol. The van der Waals surface area contributed by atoms with Gasteiger partial charge in [-0.2, -0.15) is 0 Å². The summed E-state index contributed by atoms with van der Waals surface area (Å²) in [5.74, 6) is 3.86. The smallest absolute Gasteiger partial charge is 0.291 e. The largest absolute Gasteiger partial charge is 0.474 e.